The van der Waals surface area contributed by atoms with E-state index in [1.165, 1.54) is 5.56 Å². The molecule has 0 spiro atoms. The number of nitrogens with zero attached hydrogens (tertiary/aromatic N) is 5. The van der Waals surface area contributed by atoms with Crippen molar-refractivity contribution in [2.24, 2.45) is 0 Å². The Morgan fingerprint density at radius 1 is 1.10 bits per heavy atom. The van der Waals surface area contributed by atoms with Crippen molar-refractivity contribution in [2.45, 2.75) is 32.5 Å². The van der Waals surface area contributed by atoms with Gasteiger partial charge in [-0.15, -0.1) is 0 Å². The molecular formula is C24H31N5O2. The van der Waals surface area contributed by atoms with E-state index in [-0.39, 0.29) is 6.61 Å². The van der Waals surface area contributed by atoms with Crippen LogP contribution >= 0.6 is 0 Å². The molecule has 7 nitrogen and oxygen atoms in total. The molecule has 164 valence electrons. The van der Waals surface area contributed by atoms with Gasteiger partial charge in [0.2, 0.25) is 0 Å². The van der Waals surface area contributed by atoms with Crippen LogP contribution in [0.1, 0.15) is 23.4 Å². The third kappa shape index (κ3) is 5.31. The van der Waals surface area contributed by atoms with Crippen molar-refractivity contribution < 1.29 is 9.84 Å². The van der Waals surface area contributed by atoms with Gasteiger partial charge < -0.3 is 9.84 Å². The molecule has 1 fully saturated rings. The largest absolute Gasteiger partial charge is 0.494 e. The summed E-state index contributed by atoms with van der Waals surface area (Å²) in [5.74, 6) is 0.804. The Bertz CT molecular complexity index is 989. The summed E-state index contributed by atoms with van der Waals surface area (Å²) in [5.41, 5.74) is 4.24. The van der Waals surface area contributed by atoms with E-state index in [0.717, 1.165) is 62.0 Å². The molecule has 1 aliphatic heterocycles. The highest BCUT2D eigenvalue weighted by molar-refractivity contribution is 5.46. The zero-order chi connectivity index (χ0) is 21.6. The van der Waals surface area contributed by atoms with Crippen molar-refractivity contribution in [3.63, 3.8) is 0 Å². The number of ether oxygens (including phenoxy) is 1. The first-order valence-corrected chi connectivity index (χ1v) is 10.8. The molecule has 0 radical (unpaired) electrons. The van der Waals surface area contributed by atoms with Gasteiger partial charge in [-0.3, -0.25) is 14.8 Å². The Labute approximate surface area is 183 Å². The quantitative estimate of drug-likeness (QED) is 0.603. The lowest BCUT2D eigenvalue weighted by Crippen LogP contribution is -2.52. The fourth-order valence-electron chi connectivity index (χ4n) is 4.28. The van der Waals surface area contributed by atoms with Gasteiger partial charge in [0.25, 0.3) is 0 Å². The number of aliphatic hydroxyl groups is 1. The highest BCUT2D eigenvalue weighted by Gasteiger charge is 2.27. The number of aromatic nitrogens is 3. The summed E-state index contributed by atoms with van der Waals surface area (Å²) in [6.07, 6.45) is 4.77. The highest BCUT2D eigenvalue weighted by atomic mass is 16.5. The van der Waals surface area contributed by atoms with Crippen LogP contribution in [0.3, 0.4) is 0 Å². The highest BCUT2D eigenvalue weighted by Crippen LogP contribution is 2.23. The number of rotatable bonds is 8. The number of piperazine rings is 1. The van der Waals surface area contributed by atoms with E-state index in [1.54, 1.807) is 7.11 Å². The Hall–Kier alpha value is -2.74. The zero-order valence-corrected chi connectivity index (χ0v) is 18.3. The monoisotopic (exact) mass is 421 g/mol. The number of aryl methyl sites for hydroxylation is 1. The van der Waals surface area contributed by atoms with Gasteiger partial charge in [0.1, 0.15) is 11.4 Å². The van der Waals surface area contributed by atoms with Crippen LogP contribution < -0.4 is 4.74 Å². The first kappa shape index (κ1) is 21.5. The van der Waals surface area contributed by atoms with Gasteiger partial charge in [-0.2, -0.15) is 5.10 Å². The molecule has 2 aromatic heterocycles. The normalized spacial score (nSPS) is 17.7. The lowest BCUT2D eigenvalue weighted by molar-refractivity contribution is 0.0491. The molecule has 0 bridgehead atoms. The van der Waals surface area contributed by atoms with Gasteiger partial charge >= 0.3 is 0 Å². The summed E-state index contributed by atoms with van der Waals surface area (Å²) in [7, 11) is 1.68. The fraction of sp³-hybridized carbons (Fsp3) is 0.417. The van der Waals surface area contributed by atoms with Gasteiger partial charge in [-0.25, -0.2) is 4.68 Å². The van der Waals surface area contributed by atoms with E-state index in [9.17, 15) is 5.11 Å². The van der Waals surface area contributed by atoms with Crippen molar-refractivity contribution in [3.05, 3.63) is 71.8 Å². The standard InChI is InChI=1S/C24H31N5O2/c1-19-6-5-7-21(26-19)17-28-12-11-27(18-22(28)10-13-30)15-20-14-25-29(16-20)23-8-3-4-9-24(23)31-2/h3-9,14,16,22,30H,10-13,15,17-18H2,1-2H3/t22-/m0/s1. The second-order valence-electron chi connectivity index (χ2n) is 8.11. The van der Waals surface area contributed by atoms with Crippen LogP contribution in [0.4, 0.5) is 0 Å². The van der Waals surface area contributed by atoms with E-state index in [0.29, 0.717) is 6.04 Å². The minimum Gasteiger partial charge on any atom is -0.494 e. The first-order valence-electron chi connectivity index (χ1n) is 10.8. The fourth-order valence-corrected chi connectivity index (χ4v) is 4.28. The maximum absolute atomic E-state index is 9.62. The molecule has 0 amide bonds. The Morgan fingerprint density at radius 2 is 1.97 bits per heavy atom. The number of pyridine rings is 1. The molecule has 1 aromatic carbocycles. The minimum absolute atomic E-state index is 0.196. The van der Waals surface area contributed by atoms with Gasteiger partial charge in [0, 0.05) is 62.8 Å². The van der Waals surface area contributed by atoms with Crippen molar-refractivity contribution in [1.29, 1.82) is 0 Å². The van der Waals surface area contributed by atoms with Crippen molar-refractivity contribution in [2.75, 3.05) is 33.4 Å². The molecule has 3 heterocycles. The van der Waals surface area contributed by atoms with Gasteiger partial charge in [-0.05, 0) is 37.6 Å². The van der Waals surface area contributed by atoms with Crippen molar-refractivity contribution in [1.82, 2.24) is 24.6 Å². The molecular weight excluding hydrogens is 390 g/mol. The van der Waals surface area contributed by atoms with Crippen LogP contribution in [0.25, 0.3) is 5.69 Å². The van der Waals surface area contributed by atoms with E-state index in [4.69, 9.17) is 4.74 Å². The smallest absolute Gasteiger partial charge is 0.144 e. The van der Waals surface area contributed by atoms with Crippen LogP contribution in [0, 0.1) is 6.92 Å². The predicted molar refractivity (Wildman–Crippen MR) is 120 cm³/mol. The maximum Gasteiger partial charge on any atom is 0.144 e. The molecule has 1 atom stereocenters. The van der Waals surface area contributed by atoms with Crippen LogP contribution in [0.5, 0.6) is 5.75 Å². The molecule has 1 saturated heterocycles. The summed E-state index contributed by atoms with van der Waals surface area (Å²) >= 11 is 0. The molecule has 7 heteroatoms. The van der Waals surface area contributed by atoms with E-state index >= 15 is 0 Å². The molecule has 4 rings (SSSR count). The first-order chi connectivity index (χ1) is 15.2. The molecule has 0 aliphatic carbocycles. The van der Waals surface area contributed by atoms with Crippen molar-refractivity contribution >= 4 is 0 Å². The van der Waals surface area contributed by atoms with E-state index in [2.05, 4.69) is 38.2 Å². The third-order valence-electron chi connectivity index (χ3n) is 5.84. The number of aliphatic hydroxyl groups excluding tert-OH is 1. The molecule has 0 unspecified atom stereocenters. The van der Waals surface area contributed by atoms with Crippen molar-refractivity contribution in [3.8, 4) is 11.4 Å². The lowest BCUT2D eigenvalue weighted by atomic mass is 10.1. The minimum atomic E-state index is 0.196. The SMILES string of the molecule is COc1ccccc1-n1cc(CN2CCN(Cc3cccc(C)n3)[C@@H](CCO)C2)cn1. The zero-order valence-electron chi connectivity index (χ0n) is 18.3. The number of hydrogen-bond acceptors (Lipinski definition) is 6. The second-order valence-corrected chi connectivity index (χ2v) is 8.11. The number of methoxy groups -OCH3 is 1. The number of para-hydroxylation sites is 2. The summed E-state index contributed by atoms with van der Waals surface area (Å²) in [6, 6.07) is 14.4. The summed E-state index contributed by atoms with van der Waals surface area (Å²) in [5, 5.41) is 14.2. The third-order valence-corrected chi connectivity index (χ3v) is 5.84. The summed E-state index contributed by atoms with van der Waals surface area (Å²) in [4.78, 5) is 9.55. The number of hydrogen-bond donors (Lipinski definition) is 1. The molecule has 1 N–H and O–H groups in total. The van der Waals surface area contributed by atoms with E-state index in [1.807, 2.05) is 48.1 Å². The Kier molecular flexibility index (Phi) is 6.96. The Morgan fingerprint density at radius 3 is 2.77 bits per heavy atom. The van der Waals surface area contributed by atoms with Crippen LogP contribution in [0.15, 0.2) is 54.9 Å². The topological polar surface area (TPSA) is 66.7 Å². The molecule has 0 saturated carbocycles. The molecule has 1 aliphatic rings. The molecule has 31 heavy (non-hydrogen) atoms. The van der Waals surface area contributed by atoms with Gasteiger partial charge in [-0.1, -0.05) is 18.2 Å². The summed E-state index contributed by atoms with van der Waals surface area (Å²) in [6.45, 7) is 6.75. The average Bonchev–Trinajstić information content (AvgIpc) is 3.24. The second kappa shape index (κ2) is 10.0. The predicted octanol–water partition coefficient (Wildman–Crippen LogP) is 2.65. The Balaban J connectivity index is 1.41. The lowest BCUT2D eigenvalue weighted by Gasteiger charge is -2.41. The van der Waals surface area contributed by atoms with Crippen LogP contribution in [-0.4, -0.2) is 69.1 Å². The molecule has 3 aromatic rings. The van der Waals surface area contributed by atoms with Crippen LogP contribution in [-0.2, 0) is 13.1 Å². The van der Waals surface area contributed by atoms with Crippen LogP contribution in [0.2, 0.25) is 0 Å². The maximum atomic E-state index is 9.62. The average molecular weight is 422 g/mol. The van der Waals surface area contributed by atoms with E-state index < -0.39 is 0 Å². The van der Waals surface area contributed by atoms with Gasteiger partial charge in [0.15, 0.2) is 0 Å². The van der Waals surface area contributed by atoms with Gasteiger partial charge in [0.05, 0.1) is 19.0 Å². The number of benzene rings is 1. The summed E-state index contributed by atoms with van der Waals surface area (Å²) < 4.78 is 7.34.